The van der Waals surface area contributed by atoms with Gasteiger partial charge < -0.3 is 15.0 Å². The van der Waals surface area contributed by atoms with Crippen LogP contribution in [0.1, 0.15) is 42.6 Å². The molecule has 1 aromatic carbocycles. The first kappa shape index (κ1) is 19.2. The third kappa shape index (κ3) is 3.85. The molecule has 1 aromatic heterocycles. The van der Waals surface area contributed by atoms with Crippen LogP contribution in [0.5, 0.6) is 0 Å². The highest BCUT2D eigenvalue weighted by atomic mass is 79.9. The van der Waals surface area contributed by atoms with Gasteiger partial charge in [0.05, 0.1) is 12.6 Å². The maximum Gasteiger partial charge on any atom is 0.356 e. The van der Waals surface area contributed by atoms with Crippen LogP contribution in [-0.2, 0) is 9.53 Å². The molecule has 1 saturated heterocycles. The molecule has 0 radical (unpaired) electrons. The van der Waals surface area contributed by atoms with Gasteiger partial charge in [-0.2, -0.15) is 0 Å². The average molecular weight is 446 g/mol. The van der Waals surface area contributed by atoms with Crippen molar-refractivity contribution in [2.24, 2.45) is 5.92 Å². The first-order valence-electron chi connectivity index (χ1n) is 9.79. The topological polar surface area (TPSA) is 71.5 Å². The number of halogens is 1. The van der Waals surface area contributed by atoms with Gasteiger partial charge in [0.1, 0.15) is 0 Å². The van der Waals surface area contributed by atoms with Crippen molar-refractivity contribution in [3.8, 4) is 0 Å². The lowest BCUT2D eigenvalue weighted by Gasteiger charge is -2.21. The molecule has 1 amide bonds. The summed E-state index contributed by atoms with van der Waals surface area (Å²) in [5.74, 6) is 0.0547. The second-order valence-corrected chi connectivity index (χ2v) is 8.52. The number of fused-ring (bicyclic) bond motifs is 1. The zero-order valence-electron chi connectivity index (χ0n) is 15.9. The van der Waals surface area contributed by atoms with Gasteiger partial charge in [-0.3, -0.25) is 4.79 Å². The van der Waals surface area contributed by atoms with Crippen molar-refractivity contribution in [1.29, 1.82) is 0 Å². The van der Waals surface area contributed by atoms with Crippen LogP contribution >= 0.6 is 15.9 Å². The number of benzene rings is 1. The number of pyridine rings is 1. The number of hydrogen-bond donors (Lipinski definition) is 1. The fraction of sp³-hybridized carbons (Fsp3) is 0.476. The van der Waals surface area contributed by atoms with E-state index in [0.29, 0.717) is 12.5 Å². The summed E-state index contributed by atoms with van der Waals surface area (Å²) in [6.45, 7) is 1.48. The molecule has 1 N–H and O–H groups in total. The van der Waals surface area contributed by atoms with Gasteiger partial charge >= 0.3 is 5.97 Å². The van der Waals surface area contributed by atoms with E-state index in [0.717, 1.165) is 46.9 Å². The van der Waals surface area contributed by atoms with E-state index in [9.17, 15) is 9.59 Å². The highest BCUT2D eigenvalue weighted by molar-refractivity contribution is 9.10. The number of carbonyl (C=O) groups excluding carboxylic acids is 2. The minimum Gasteiger partial charge on any atom is -0.464 e. The number of hydrogen-bond acceptors (Lipinski definition) is 5. The lowest BCUT2D eigenvalue weighted by atomic mass is 10.1. The molecule has 0 spiro atoms. The second-order valence-electron chi connectivity index (χ2n) is 7.60. The van der Waals surface area contributed by atoms with Gasteiger partial charge in [0.2, 0.25) is 5.91 Å². The molecule has 2 aliphatic rings. The molecule has 2 fully saturated rings. The predicted octanol–water partition coefficient (Wildman–Crippen LogP) is 3.99. The third-order valence-corrected chi connectivity index (χ3v) is 6.22. The molecule has 1 atom stereocenters. The average Bonchev–Trinajstić information content (AvgIpc) is 3.39. The highest BCUT2D eigenvalue weighted by Crippen LogP contribution is 2.30. The minimum atomic E-state index is -0.461. The number of esters is 1. The first-order valence-corrected chi connectivity index (χ1v) is 10.6. The van der Waals surface area contributed by atoms with Crippen molar-refractivity contribution in [3.05, 3.63) is 34.4 Å². The molecule has 4 rings (SSSR count). The molecule has 1 aliphatic carbocycles. The van der Waals surface area contributed by atoms with E-state index in [1.165, 1.54) is 20.0 Å². The minimum absolute atomic E-state index is 0.153. The van der Waals surface area contributed by atoms with Crippen LogP contribution in [0.15, 0.2) is 28.7 Å². The van der Waals surface area contributed by atoms with Gasteiger partial charge in [0.15, 0.2) is 5.69 Å². The van der Waals surface area contributed by atoms with Gasteiger partial charge in [-0.25, -0.2) is 9.78 Å². The Morgan fingerprint density at radius 1 is 1.21 bits per heavy atom. The van der Waals surface area contributed by atoms with E-state index in [2.05, 4.69) is 26.2 Å². The number of carbonyl (C=O) groups is 2. The maximum absolute atomic E-state index is 12.7. The van der Waals surface area contributed by atoms with Gasteiger partial charge in [-0.15, -0.1) is 0 Å². The van der Waals surface area contributed by atoms with Gasteiger partial charge in [-0.05, 0) is 43.5 Å². The van der Waals surface area contributed by atoms with Crippen LogP contribution in [-0.4, -0.2) is 48.0 Å². The van der Waals surface area contributed by atoms with Crippen molar-refractivity contribution >= 4 is 44.4 Å². The number of rotatable bonds is 4. The molecule has 148 valence electrons. The van der Waals surface area contributed by atoms with Crippen molar-refractivity contribution < 1.29 is 14.3 Å². The van der Waals surface area contributed by atoms with E-state index >= 15 is 0 Å². The van der Waals surface area contributed by atoms with Crippen molar-refractivity contribution in [1.82, 2.24) is 9.88 Å². The van der Waals surface area contributed by atoms with Crippen LogP contribution < -0.4 is 5.32 Å². The smallest absolute Gasteiger partial charge is 0.356 e. The van der Waals surface area contributed by atoms with E-state index < -0.39 is 5.97 Å². The first-order chi connectivity index (χ1) is 13.5. The molecule has 1 aliphatic heterocycles. The Morgan fingerprint density at radius 3 is 2.75 bits per heavy atom. The van der Waals surface area contributed by atoms with E-state index in [1.807, 2.05) is 23.1 Å². The van der Waals surface area contributed by atoms with Crippen LogP contribution in [0, 0.1) is 5.92 Å². The number of ether oxygens (including phenoxy) is 1. The number of methoxy groups -OCH3 is 1. The van der Waals surface area contributed by atoms with Crippen molar-refractivity contribution in [3.63, 3.8) is 0 Å². The van der Waals surface area contributed by atoms with Crippen LogP contribution in [0.3, 0.4) is 0 Å². The maximum atomic E-state index is 12.7. The largest absolute Gasteiger partial charge is 0.464 e. The van der Waals surface area contributed by atoms with E-state index in [4.69, 9.17) is 4.74 Å². The van der Waals surface area contributed by atoms with E-state index in [-0.39, 0.29) is 17.7 Å². The van der Waals surface area contributed by atoms with Crippen molar-refractivity contribution in [2.75, 3.05) is 25.5 Å². The highest BCUT2D eigenvalue weighted by Gasteiger charge is 2.32. The fourth-order valence-electron chi connectivity index (χ4n) is 4.26. The number of amides is 1. The Labute approximate surface area is 172 Å². The number of aromatic nitrogens is 1. The Kier molecular flexibility index (Phi) is 5.53. The molecular formula is C21H24BrN3O3. The third-order valence-electron chi connectivity index (χ3n) is 5.73. The summed E-state index contributed by atoms with van der Waals surface area (Å²) in [6.07, 6.45) is 5.28. The van der Waals surface area contributed by atoms with Gasteiger partial charge in [-0.1, -0.05) is 28.8 Å². The number of nitrogens with one attached hydrogen (secondary N) is 1. The molecule has 7 heteroatoms. The second kappa shape index (κ2) is 8.07. The SMILES string of the molecule is COC(=O)c1cc(NC2CCN(C(=O)C3CCCC3)C2)c2cc(Br)ccc2n1. The monoisotopic (exact) mass is 445 g/mol. The molecule has 2 aromatic rings. The standard InChI is InChI=1S/C21H24BrN3O3/c1-28-21(27)19-11-18(16-10-14(22)6-7-17(16)24-19)23-15-8-9-25(12-15)20(26)13-4-2-3-5-13/h6-7,10-11,13,15H,2-5,8-9,12H2,1H3,(H,23,24). The van der Waals surface area contributed by atoms with Crippen molar-refractivity contribution in [2.45, 2.75) is 38.1 Å². The lowest BCUT2D eigenvalue weighted by molar-refractivity contribution is -0.134. The molecule has 2 heterocycles. The summed E-state index contributed by atoms with van der Waals surface area (Å²) < 4.78 is 5.79. The van der Waals surface area contributed by atoms with Crippen LogP contribution in [0.4, 0.5) is 5.69 Å². The molecule has 28 heavy (non-hydrogen) atoms. The quantitative estimate of drug-likeness (QED) is 0.720. The summed E-state index contributed by atoms with van der Waals surface area (Å²) >= 11 is 3.51. The lowest BCUT2D eigenvalue weighted by Crippen LogP contribution is -2.35. The van der Waals surface area contributed by atoms with E-state index in [1.54, 1.807) is 6.07 Å². The van der Waals surface area contributed by atoms with Gasteiger partial charge in [0, 0.05) is 40.6 Å². The molecule has 1 unspecified atom stereocenters. The van der Waals surface area contributed by atoms with Gasteiger partial charge in [0.25, 0.3) is 0 Å². The fourth-order valence-corrected chi connectivity index (χ4v) is 4.62. The summed E-state index contributed by atoms with van der Waals surface area (Å²) in [5, 5.41) is 4.48. The zero-order chi connectivity index (χ0) is 19.7. The molecular weight excluding hydrogens is 422 g/mol. The Balaban J connectivity index is 1.56. The normalized spacial score (nSPS) is 19.9. The number of anilines is 1. The molecule has 1 saturated carbocycles. The molecule has 6 nitrogen and oxygen atoms in total. The summed E-state index contributed by atoms with van der Waals surface area (Å²) in [4.78, 5) is 31.1. The Hall–Kier alpha value is -2.15. The number of likely N-dealkylation sites (tertiary alicyclic amines) is 1. The molecule has 0 bridgehead atoms. The summed E-state index contributed by atoms with van der Waals surface area (Å²) in [5.41, 5.74) is 1.84. The summed E-state index contributed by atoms with van der Waals surface area (Å²) in [7, 11) is 1.35. The number of nitrogens with zero attached hydrogens (tertiary/aromatic N) is 2. The Morgan fingerprint density at radius 2 is 2.00 bits per heavy atom. The summed E-state index contributed by atoms with van der Waals surface area (Å²) in [6, 6.07) is 7.66. The van der Waals surface area contributed by atoms with Crippen LogP contribution in [0.25, 0.3) is 10.9 Å². The predicted molar refractivity (Wildman–Crippen MR) is 111 cm³/mol. The Bertz CT molecular complexity index is 911. The zero-order valence-corrected chi connectivity index (χ0v) is 17.5. The van der Waals surface area contributed by atoms with Crippen LogP contribution in [0.2, 0.25) is 0 Å².